The van der Waals surface area contributed by atoms with E-state index >= 15 is 0 Å². The van der Waals surface area contributed by atoms with Crippen molar-refractivity contribution in [2.45, 2.75) is 13.0 Å². The first-order valence-corrected chi connectivity index (χ1v) is 7.24. The second-order valence-electron chi connectivity index (χ2n) is 3.94. The number of anilines is 1. The fraction of sp³-hybridized carbons (Fsp3) is 0.333. The summed E-state index contributed by atoms with van der Waals surface area (Å²) in [6.07, 6.45) is 1.41. The average molecular weight is 305 g/mol. The van der Waals surface area contributed by atoms with Crippen molar-refractivity contribution in [2.75, 3.05) is 11.1 Å². The number of rotatable bonds is 3. The Kier molecular flexibility index (Phi) is 3.42. The summed E-state index contributed by atoms with van der Waals surface area (Å²) in [5, 5.41) is 14.6. The monoisotopic (exact) mass is 304 g/mol. The molecule has 1 aromatic rings. The molecule has 2 rings (SSSR count). The highest BCUT2D eigenvalue weighted by atomic mass is 35.5. The van der Waals surface area contributed by atoms with Crippen LogP contribution in [0.25, 0.3) is 0 Å². The zero-order valence-electron chi connectivity index (χ0n) is 9.70. The quantitative estimate of drug-likeness (QED) is 0.504. The lowest BCUT2D eigenvalue weighted by Crippen LogP contribution is -2.22. The van der Waals surface area contributed by atoms with Crippen molar-refractivity contribution < 1.29 is 13.3 Å². The Morgan fingerprint density at radius 1 is 1.53 bits per heavy atom. The third-order valence-electron chi connectivity index (χ3n) is 2.47. The molecule has 0 radical (unpaired) electrons. The summed E-state index contributed by atoms with van der Waals surface area (Å²) in [6, 6.07) is -0.575. The Bertz CT molecular complexity index is 673. The van der Waals surface area contributed by atoms with Crippen LogP contribution in [0.2, 0.25) is 5.28 Å². The van der Waals surface area contributed by atoms with E-state index in [1.54, 1.807) is 0 Å². The molecule has 1 unspecified atom stereocenters. The number of aromatic nitrogens is 2. The smallest absolute Gasteiger partial charge is 0.332 e. The fourth-order valence-corrected chi connectivity index (χ4v) is 3.14. The minimum atomic E-state index is -3.26. The van der Waals surface area contributed by atoms with E-state index in [1.807, 2.05) is 0 Å². The maximum Gasteiger partial charge on any atom is 0.332 e. The van der Waals surface area contributed by atoms with Crippen LogP contribution in [-0.2, 0) is 9.84 Å². The number of halogens is 1. The summed E-state index contributed by atoms with van der Waals surface area (Å²) in [5.74, 6) is -0.264. The van der Waals surface area contributed by atoms with Crippen LogP contribution in [0.3, 0.4) is 0 Å². The van der Waals surface area contributed by atoms with Crippen LogP contribution in [0.5, 0.6) is 0 Å². The standard InChI is InChI=1S/C9H9ClN4O4S/c1-5-7(14(15)16)8(13-9(10)11-5)12-6-2-3-19(17,18)4-6/h2-3,6H,4H2,1H3,(H,11,12,13). The van der Waals surface area contributed by atoms with Crippen LogP contribution in [0.1, 0.15) is 5.69 Å². The molecule has 1 aliphatic heterocycles. The summed E-state index contributed by atoms with van der Waals surface area (Å²) in [5.41, 5.74) is -0.209. The molecule has 102 valence electrons. The molecule has 0 bridgehead atoms. The van der Waals surface area contributed by atoms with E-state index in [4.69, 9.17) is 11.6 Å². The summed E-state index contributed by atoms with van der Waals surface area (Å²) in [4.78, 5) is 17.8. The molecular formula is C9H9ClN4O4S. The highest BCUT2D eigenvalue weighted by Crippen LogP contribution is 2.28. The van der Waals surface area contributed by atoms with Crippen LogP contribution in [0, 0.1) is 17.0 Å². The number of nitro groups is 1. The lowest BCUT2D eigenvalue weighted by atomic mass is 10.3. The highest BCUT2D eigenvalue weighted by Gasteiger charge is 2.27. The van der Waals surface area contributed by atoms with E-state index in [9.17, 15) is 18.5 Å². The molecule has 0 aliphatic carbocycles. The van der Waals surface area contributed by atoms with Gasteiger partial charge in [-0.1, -0.05) is 0 Å². The minimum absolute atomic E-state index is 0.0887. The molecule has 2 heterocycles. The third-order valence-corrected chi connectivity index (χ3v) is 4.03. The molecule has 1 atom stereocenters. The Labute approximate surface area is 113 Å². The maximum atomic E-state index is 11.3. The molecule has 1 aromatic heterocycles. The lowest BCUT2D eigenvalue weighted by Gasteiger charge is -2.11. The molecule has 19 heavy (non-hydrogen) atoms. The first kappa shape index (κ1) is 13.7. The molecule has 0 amide bonds. The van der Waals surface area contributed by atoms with Gasteiger partial charge >= 0.3 is 5.69 Å². The van der Waals surface area contributed by atoms with Gasteiger partial charge in [-0.25, -0.2) is 13.4 Å². The number of nitrogens with one attached hydrogen (secondary N) is 1. The largest absolute Gasteiger partial charge is 0.357 e. The third kappa shape index (κ3) is 2.99. The summed E-state index contributed by atoms with van der Waals surface area (Å²) in [6.45, 7) is 1.43. The van der Waals surface area contributed by atoms with Crippen molar-refractivity contribution in [2.24, 2.45) is 0 Å². The highest BCUT2D eigenvalue weighted by molar-refractivity contribution is 7.94. The van der Waals surface area contributed by atoms with Crippen molar-refractivity contribution in [3.63, 3.8) is 0 Å². The van der Waals surface area contributed by atoms with E-state index in [1.165, 1.54) is 13.0 Å². The average Bonchev–Trinajstić information content (AvgIpc) is 2.56. The molecule has 0 fully saturated rings. The number of hydrogen-bond donors (Lipinski definition) is 1. The Morgan fingerprint density at radius 3 is 2.74 bits per heavy atom. The van der Waals surface area contributed by atoms with Crippen LogP contribution in [-0.4, -0.2) is 35.1 Å². The van der Waals surface area contributed by atoms with Crippen molar-refractivity contribution in [1.82, 2.24) is 9.97 Å². The Balaban J connectivity index is 2.35. The van der Waals surface area contributed by atoms with Gasteiger partial charge in [0, 0.05) is 5.41 Å². The van der Waals surface area contributed by atoms with Crippen molar-refractivity contribution >= 4 is 32.9 Å². The zero-order valence-corrected chi connectivity index (χ0v) is 11.3. The number of sulfone groups is 1. The zero-order chi connectivity index (χ0) is 14.2. The van der Waals surface area contributed by atoms with Gasteiger partial charge in [-0.3, -0.25) is 10.1 Å². The van der Waals surface area contributed by atoms with Gasteiger partial charge < -0.3 is 5.32 Å². The van der Waals surface area contributed by atoms with Gasteiger partial charge in [0.25, 0.3) is 0 Å². The topological polar surface area (TPSA) is 115 Å². The molecule has 1 aliphatic rings. The van der Waals surface area contributed by atoms with Crippen LogP contribution in [0.4, 0.5) is 11.5 Å². The number of nitrogens with zero attached hydrogens (tertiary/aromatic N) is 3. The van der Waals surface area contributed by atoms with Gasteiger partial charge in [0.15, 0.2) is 9.84 Å². The van der Waals surface area contributed by atoms with Gasteiger partial charge in [0.1, 0.15) is 5.69 Å². The molecular weight excluding hydrogens is 296 g/mol. The van der Waals surface area contributed by atoms with E-state index in [0.717, 1.165) is 5.41 Å². The SMILES string of the molecule is Cc1nc(Cl)nc(NC2C=CS(=O)(=O)C2)c1[N+](=O)[O-]. The van der Waals surface area contributed by atoms with E-state index in [-0.39, 0.29) is 28.2 Å². The molecule has 0 saturated heterocycles. The van der Waals surface area contributed by atoms with Crippen molar-refractivity contribution in [3.8, 4) is 0 Å². The minimum Gasteiger partial charge on any atom is -0.357 e. The lowest BCUT2D eigenvalue weighted by molar-refractivity contribution is -0.385. The normalized spacial score (nSPS) is 20.4. The fourth-order valence-electron chi connectivity index (χ4n) is 1.69. The molecule has 10 heteroatoms. The van der Waals surface area contributed by atoms with Crippen molar-refractivity contribution in [3.05, 3.63) is 32.6 Å². The number of hydrogen-bond acceptors (Lipinski definition) is 7. The summed E-state index contributed by atoms with van der Waals surface area (Å²) in [7, 11) is -3.26. The van der Waals surface area contributed by atoms with E-state index < -0.39 is 20.8 Å². The first-order chi connectivity index (χ1) is 8.78. The predicted molar refractivity (Wildman–Crippen MR) is 68.8 cm³/mol. The van der Waals surface area contributed by atoms with Crippen LogP contribution < -0.4 is 5.32 Å². The van der Waals surface area contributed by atoms with Gasteiger partial charge in [-0.2, -0.15) is 4.98 Å². The Hall–Kier alpha value is -1.74. The molecule has 8 nitrogen and oxygen atoms in total. The van der Waals surface area contributed by atoms with E-state index in [2.05, 4.69) is 15.3 Å². The van der Waals surface area contributed by atoms with Gasteiger partial charge in [-0.05, 0) is 24.6 Å². The second kappa shape index (κ2) is 4.74. The van der Waals surface area contributed by atoms with E-state index in [0.29, 0.717) is 0 Å². The first-order valence-electron chi connectivity index (χ1n) is 5.14. The molecule has 0 spiro atoms. The summed E-state index contributed by atoms with van der Waals surface area (Å²) < 4.78 is 22.5. The van der Waals surface area contributed by atoms with Gasteiger partial charge in [0.05, 0.1) is 16.7 Å². The molecule has 0 saturated carbocycles. The van der Waals surface area contributed by atoms with Crippen molar-refractivity contribution in [1.29, 1.82) is 0 Å². The van der Waals surface area contributed by atoms with Gasteiger partial charge in [0.2, 0.25) is 11.1 Å². The second-order valence-corrected chi connectivity index (χ2v) is 6.21. The van der Waals surface area contributed by atoms with Crippen LogP contribution in [0.15, 0.2) is 11.5 Å². The van der Waals surface area contributed by atoms with Gasteiger partial charge in [-0.15, -0.1) is 0 Å². The van der Waals surface area contributed by atoms with Crippen LogP contribution >= 0.6 is 11.6 Å². The maximum absolute atomic E-state index is 11.3. The summed E-state index contributed by atoms with van der Waals surface area (Å²) >= 11 is 5.65. The molecule has 1 N–H and O–H groups in total. The molecule has 0 aromatic carbocycles. The Morgan fingerprint density at radius 2 is 2.21 bits per heavy atom. The predicted octanol–water partition coefficient (Wildman–Crippen LogP) is 1.07. The number of aryl methyl sites for hydroxylation is 1.